The van der Waals surface area contributed by atoms with Gasteiger partial charge in [-0.25, -0.2) is 9.97 Å². The van der Waals surface area contributed by atoms with Gasteiger partial charge in [0.1, 0.15) is 18.0 Å². The second-order valence-electron chi connectivity index (χ2n) is 4.51. The van der Waals surface area contributed by atoms with Crippen molar-refractivity contribution >= 4 is 17.3 Å². The second kappa shape index (κ2) is 5.19. The minimum atomic E-state index is -0.258. The van der Waals surface area contributed by atoms with Gasteiger partial charge in [-0.3, -0.25) is 4.98 Å². The Morgan fingerprint density at radius 1 is 1.26 bits per heavy atom. The summed E-state index contributed by atoms with van der Waals surface area (Å²) >= 11 is 0. The molecule has 6 heteroatoms. The Hall–Kier alpha value is -2.21. The van der Waals surface area contributed by atoms with Crippen molar-refractivity contribution in [3.63, 3.8) is 0 Å². The summed E-state index contributed by atoms with van der Waals surface area (Å²) in [6, 6.07) is 5.64. The Bertz CT molecular complexity index is 548. The third kappa shape index (κ3) is 2.79. The number of hydrogen-bond acceptors (Lipinski definition) is 6. The summed E-state index contributed by atoms with van der Waals surface area (Å²) in [7, 11) is 0. The molecule has 3 heterocycles. The number of aliphatic hydroxyl groups is 1. The van der Waals surface area contributed by atoms with Gasteiger partial charge in [-0.05, 0) is 18.6 Å². The molecule has 0 radical (unpaired) electrons. The predicted molar refractivity (Wildman–Crippen MR) is 72.4 cm³/mol. The van der Waals surface area contributed by atoms with E-state index in [0.717, 1.165) is 30.3 Å². The molecule has 3 rings (SSSR count). The quantitative estimate of drug-likeness (QED) is 0.860. The summed E-state index contributed by atoms with van der Waals surface area (Å²) < 4.78 is 0. The molecule has 0 spiro atoms. The van der Waals surface area contributed by atoms with E-state index in [-0.39, 0.29) is 6.10 Å². The third-order valence-corrected chi connectivity index (χ3v) is 3.09. The highest BCUT2D eigenvalue weighted by atomic mass is 16.3. The van der Waals surface area contributed by atoms with E-state index < -0.39 is 0 Å². The van der Waals surface area contributed by atoms with Gasteiger partial charge in [0, 0.05) is 37.2 Å². The van der Waals surface area contributed by atoms with Crippen molar-refractivity contribution in [3.8, 4) is 0 Å². The molecule has 1 unspecified atom stereocenters. The van der Waals surface area contributed by atoms with Crippen LogP contribution in [-0.4, -0.2) is 39.3 Å². The van der Waals surface area contributed by atoms with Crippen molar-refractivity contribution in [1.29, 1.82) is 0 Å². The number of aliphatic hydroxyl groups excluding tert-OH is 1. The summed E-state index contributed by atoms with van der Waals surface area (Å²) in [5.74, 6) is 1.57. The highest BCUT2D eigenvalue weighted by Gasteiger charge is 2.21. The van der Waals surface area contributed by atoms with Crippen LogP contribution in [0.25, 0.3) is 0 Å². The van der Waals surface area contributed by atoms with Gasteiger partial charge < -0.3 is 15.3 Å². The molecule has 1 saturated heterocycles. The number of anilines is 3. The first-order valence-electron chi connectivity index (χ1n) is 6.23. The molecule has 2 aromatic rings. The van der Waals surface area contributed by atoms with Gasteiger partial charge in [-0.15, -0.1) is 0 Å². The lowest BCUT2D eigenvalue weighted by atomic mass is 10.3. The zero-order chi connectivity index (χ0) is 13.1. The number of rotatable bonds is 3. The molecule has 0 amide bonds. The van der Waals surface area contributed by atoms with E-state index in [4.69, 9.17) is 0 Å². The van der Waals surface area contributed by atoms with Crippen LogP contribution >= 0.6 is 0 Å². The Kier molecular flexibility index (Phi) is 3.24. The molecule has 98 valence electrons. The fraction of sp³-hybridized carbons (Fsp3) is 0.308. The summed E-state index contributed by atoms with van der Waals surface area (Å²) in [4.78, 5) is 14.5. The number of nitrogens with zero attached hydrogens (tertiary/aromatic N) is 4. The first-order valence-corrected chi connectivity index (χ1v) is 6.23. The molecule has 0 aliphatic carbocycles. The van der Waals surface area contributed by atoms with Crippen molar-refractivity contribution in [3.05, 3.63) is 36.9 Å². The van der Waals surface area contributed by atoms with Crippen LogP contribution in [0.15, 0.2) is 36.9 Å². The van der Waals surface area contributed by atoms with E-state index in [9.17, 15) is 5.11 Å². The van der Waals surface area contributed by atoms with Gasteiger partial charge in [-0.2, -0.15) is 0 Å². The third-order valence-electron chi connectivity index (χ3n) is 3.09. The molecule has 1 aliphatic rings. The smallest absolute Gasteiger partial charge is 0.135 e. The summed E-state index contributed by atoms with van der Waals surface area (Å²) in [6.07, 6.45) is 5.51. The predicted octanol–water partition coefficient (Wildman–Crippen LogP) is 1.19. The molecule has 1 aliphatic heterocycles. The Balaban J connectivity index is 1.76. The van der Waals surface area contributed by atoms with Crippen molar-refractivity contribution < 1.29 is 5.11 Å². The Morgan fingerprint density at radius 3 is 2.84 bits per heavy atom. The number of β-amino-alcohol motifs (C(OH)–C–C–N with tert-alkyl or cyclic N) is 1. The lowest BCUT2D eigenvalue weighted by Gasteiger charge is -2.17. The maximum absolute atomic E-state index is 9.56. The molecular weight excluding hydrogens is 242 g/mol. The van der Waals surface area contributed by atoms with E-state index in [1.54, 1.807) is 12.4 Å². The highest BCUT2D eigenvalue weighted by molar-refractivity contribution is 5.58. The number of hydrogen-bond donors (Lipinski definition) is 2. The molecule has 2 N–H and O–H groups in total. The lowest BCUT2D eigenvalue weighted by Crippen LogP contribution is -2.22. The highest BCUT2D eigenvalue weighted by Crippen LogP contribution is 2.21. The maximum Gasteiger partial charge on any atom is 0.135 e. The second-order valence-corrected chi connectivity index (χ2v) is 4.51. The fourth-order valence-corrected chi connectivity index (χ4v) is 2.12. The maximum atomic E-state index is 9.56. The van der Waals surface area contributed by atoms with Crippen LogP contribution in [0.1, 0.15) is 6.42 Å². The molecule has 0 bridgehead atoms. The van der Waals surface area contributed by atoms with E-state index in [0.29, 0.717) is 6.54 Å². The zero-order valence-corrected chi connectivity index (χ0v) is 10.4. The minimum absolute atomic E-state index is 0.258. The van der Waals surface area contributed by atoms with Crippen LogP contribution in [0.2, 0.25) is 0 Å². The molecule has 1 fully saturated rings. The molecule has 1 atom stereocenters. The lowest BCUT2D eigenvalue weighted by molar-refractivity contribution is 0.198. The summed E-state index contributed by atoms with van der Waals surface area (Å²) in [5.41, 5.74) is 0.932. The average Bonchev–Trinajstić information content (AvgIpc) is 2.87. The first kappa shape index (κ1) is 11.9. The molecular formula is C13H15N5O. The summed E-state index contributed by atoms with van der Waals surface area (Å²) in [6.45, 7) is 1.46. The van der Waals surface area contributed by atoms with Crippen molar-refractivity contribution in [2.45, 2.75) is 12.5 Å². The Labute approximate surface area is 111 Å². The van der Waals surface area contributed by atoms with Crippen LogP contribution in [-0.2, 0) is 0 Å². The number of aromatic nitrogens is 3. The number of nitrogens with one attached hydrogen (secondary N) is 1. The largest absolute Gasteiger partial charge is 0.391 e. The summed E-state index contributed by atoms with van der Waals surface area (Å²) in [5, 5.41) is 12.8. The van der Waals surface area contributed by atoms with Crippen molar-refractivity contribution in [1.82, 2.24) is 15.0 Å². The fourth-order valence-electron chi connectivity index (χ4n) is 2.12. The van der Waals surface area contributed by atoms with Gasteiger partial charge in [0.05, 0.1) is 6.10 Å². The molecule has 19 heavy (non-hydrogen) atoms. The van der Waals surface area contributed by atoms with Gasteiger partial charge in [0.2, 0.25) is 0 Å². The SMILES string of the molecule is OC1CCN(c2cc(Nc3ccncc3)ncn2)C1. The number of pyridine rings is 1. The average molecular weight is 257 g/mol. The first-order chi connectivity index (χ1) is 9.31. The monoisotopic (exact) mass is 257 g/mol. The van der Waals surface area contributed by atoms with Gasteiger partial charge in [-0.1, -0.05) is 0 Å². The van der Waals surface area contributed by atoms with E-state index in [2.05, 4.69) is 25.2 Å². The van der Waals surface area contributed by atoms with Crippen LogP contribution < -0.4 is 10.2 Å². The van der Waals surface area contributed by atoms with Crippen LogP contribution in [0.4, 0.5) is 17.3 Å². The van der Waals surface area contributed by atoms with Gasteiger partial charge in [0.25, 0.3) is 0 Å². The zero-order valence-electron chi connectivity index (χ0n) is 10.4. The van der Waals surface area contributed by atoms with Crippen molar-refractivity contribution in [2.75, 3.05) is 23.3 Å². The Morgan fingerprint density at radius 2 is 2.11 bits per heavy atom. The van der Waals surface area contributed by atoms with E-state index >= 15 is 0 Å². The van der Waals surface area contributed by atoms with E-state index in [1.165, 1.54) is 6.33 Å². The van der Waals surface area contributed by atoms with Crippen LogP contribution in [0.5, 0.6) is 0 Å². The molecule has 6 nitrogen and oxygen atoms in total. The molecule has 0 saturated carbocycles. The standard InChI is InChI=1S/C13H15N5O/c19-11-3-6-18(8-11)13-7-12(15-9-16-13)17-10-1-4-14-5-2-10/h1-2,4-5,7,9,11,19H,3,6,8H2,(H,14,15,16,17). The normalized spacial score (nSPS) is 18.6. The topological polar surface area (TPSA) is 74.2 Å². The molecule has 2 aromatic heterocycles. The van der Waals surface area contributed by atoms with Crippen molar-refractivity contribution in [2.24, 2.45) is 0 Å². The minimum Gasteiger partial charge on any atom is -0.391 e. The van der Waals surface area contributed by atoms with Gasteiger partial charge >= 0.3 is 0 Å². The van der Waals surface area contributed by atoms with Crippen LogP contribution in [0.3, 0.4) is 0 Å². The van der Waals surface area contributed by atoms with Gasteiger partial charge in [0.15, 0.2) is 0 Å². The molecule has 0 aromatic carbocycles. The van der Waals surface area contributed by atoms with E-state index in [1.807, 2.05) is 18.2 Å². The van der Waals surface area contributed by atoms with Crippen LogP contribution in [0, 0.1) is 0 Å².